The number of ether oxygens (including phenoxy) is 2. The molecule has 0 radical (unpaired) electrons. The molecule has 8 nitrogen and oxygen atoms in total. The third kappa shape index (κ3) is 9.93. The van der Waals surface area contributed by atoms with Crippen molar-refractivity contribution in [3.8, 4) is 0 Å². The minimum atomic E-state index is -0.670. The van der Waals surface area contributed by atoms with E-state index in [1.807, 2.05) is 0 Å². The molecular formula is C16H30FmN3O5-. The normalized spacial score (nSPS) is 12.7. The fourth-order valence-corrected chi connectivity index (χ4v) is 2.06. The van der Waals surface area contributed by atoms with Crippen molar-refractivity contribution in [2.24, 2.45) is 5.92 Å². The number of nitrogens with zero attached hydrogens (tertiary/aromatic N) is 1. The molecule has 25 heavy (non-hydrogen) atoms. The van der Waals surface area contributed by atoms with E-state index in [0.29, 0.717) is 12.5 Å². The van der Waals surface area contributed by atoms with Gasteiger partial charge in [-0.2, -0.15) is 6.41 Å². The number of rotatable bonds is 13. The van der Waals surface area contributed by atoms with Crippen molar-refractivity contribution in [1.29, 1.82) is 0 Å². The van der Waals surface area contributed by atoms with Gasteiger partial charge in [0.2, 0.25) is 11.8 Å². The minimum Gasteiger partial charge on any atom is -0.529 e. The molecule has 0 spiro atoms. The molecule has 0 fully saturated rings. The Morgan fingerprint density at radius 3 is 2.24 bits per heavy atom. The molecule has 2 N–H and O–H groups in total. The summed E-state index contributed by atoms with van der Waals surface area (Å²) < 4.78 is 10.3. The standard InChI is InChI=1S/C16H30N3O5.Fm/c1-6-12(2)9-19(10-15(23-4)24-5)16(22)13(3)18-14(21)7-8-17-11-20;/h12-13,15H,6-10H2,1-5H3,(H,17,20)(H,18,21);/q-1;/t12?,13-;/m0./s1. The molecule has 3 amide bonds. The molecule has 0 aromatic rings. The monoisotopic (exact) mass is 601 g/mol. The van der Waals surface area contributed by atoms with Crippen LogP contribution in [-0.4, -0.2) is 69.3 Å². The first kappa shape index (κ1) is 24.6. The maximum Gasteiger partial charge on any atom is 0.245 e. The van der Waals surface area contributed by atoms with Gasteiger partial charge in [-0.05, 0) is 19.4 Å². The molecule has 0 aliphatic rings. The van der Waals surface area contributed by atoms with Crippen LogP contribution in [-0.2, 0) is 23.9 Å². The van der Waals surface area contributed by atoms with E-state index in [1.54, 1.807) is 11.8 Å². The van der Waals surface area contributed by atoms with E-state index in [1.165, 1.54) is 20.6 Å². The van der Waals surface area contributed by atoms with E-state index in [-0.39, 0.29) is 31.3 Å². The first-order chi connectivity index (χ1) is 11.4. The van der Waals surface area contributed by atoms with E-state index in [4.69, 9.17) is 9.47 Å². The first-order valence-corrected chi connectivity index (χ1v) is 8.13. The second-order valence-corrected chi connectivity index (χ2v) is 5.73. The van der Waals surface area contributed by atoms with Crippen LogP contribution in [0.15, 0.2) is 0 Å². The van der Waals surface area contributed by atoms with Gasteiger partial charge in [0.1, 0.15) is 6.04 Å². The minimum absolute atomic E-state index is 0. The van der Waals surface area contributed by atoms with Gasteiger partial charge < -0.3 is 29.8 Å². The van der Waals surface area contributed by atoms with Crippen molar-refractivity contribution in [3.63, 3.8) is 0 Å². The zero-order chi connectivity index (χ0) is 18.5. The van der Waals surface area contributed by atoms with Crippen LogP contribution in [0.1, 0.15) is 33.6 Å². The summed E-state index contributed by atoms with van der Waals surface area (Å²) in [4.78, 5) is 36.1. The van der Waals surface area contributed by atoms with Crippen LogP contribution in [0.5, 0.6) is 0 Å². The average Bonchev–Trinajstić information content (AvgIpc) is 2.57. The van der Waals surface area contributed by atoms with Gasteiger partial charge >= 0.3 is 0 Å². The second-order valence-electron chi connectivity index (χ2n) is 5.73. The fraction of sp³-hybridized carbons (Fsp3) is 0.812. The average molecular weight is 601 g/mol. The Kier molecular flexibility index (Phi) is 13.5. The molecule has 152 valence electrons. The molecule has 0 aliphatic heterocycles. The van der Waals surface area contributed by atoms with Crippen LogP contribution < -0.4 is 10.6 Å². The molecule has 1 unspecified atom stereocenters. The van der Waals surface area contributed by atoms with Crippen molar-refractivity contribution in [1.82, 2.24) is 15.5 Å². The van der Waals surface area contributed by atoms with Crippen molar-refractivity contribution < 1.29 is 23.9 Å². The third-order valence-electron chi connectivity index (χ3n) is 3.73. The molecule has 2 atom stereocenters. The zero-order valence-corrected chi connectivity index (χ0v) is 17.9. The quantitative estimate of drug-likeness (QED) is 0.135. The summed E-state index contributed by atoms with van der Waals surface area (Å²) in [6.07, 6.45) is 2.00. The number of methoxy groups -OCH3 is 2. The SMILES string of the molecule is CCC(C)CN(CC(OC)OC)C(=O)[C@H](C)NC(=O)CCN[C-]=O.[Fm]. The van der Waals surface area contributed by atoms with Gasteiger partial charge in [-0.15, -0.1) is 0 Å². The molecule has 0 aliphatic carbocycles. The zero-order valence-electron chi connectivity index (χ0n) is 15.5. The Labute approximate surface area is 144 Å². The summed E-state index contributed by atoms with van der Waals surface area (Å²) in [6.45, 7) is 6.78. The number of hydrogen-bond donors (Lipinski definition) is 2. The molecule has 9 heteroatoms. The molecule has 0 aromatic carbocycles. The second kappa shape index (κ2) is 13.7. The van der Waals surface area contributed by atoms with E-state index in [2.05, 4.69) is 24.5 Å². The maximum absolute atomic E-state index is 12.6. The van der Waals surface area contributed by atoms with Crippen molar-refractivity contribution in [3.05, 3.63) is 0 Å². The summed E-state index contributed by atoms with van der Waals surface area (Å²) in [5.74, 6) is -0.187. The summed E-state index contributed by atoms with van der Waals surface area (Å²) in [7, 11) is 3.03. The third-order valence-corrected chi connectivity index (χ3v) is 3.73. The maximum atomic E-state index is 12.6. The Balaban J connectivity index is 0. The van der Waals surface area contributed by atoms with Gasteiger partial charge in [0.15, 0.2) is 6.29 Å². The van der Waals surface area contributed by atoms with E-state index >= 15 is 0 Å². The largest absolute Gasteiger partial charge is 0.529 e. The fourth-order valence-electron chi connectivity index (χ4n) is 2.06. The number of amides is 3. The Hall–Kier alpha value is -2.67. The molecule has 0 heterocycles. The Bertz CT molecular complexity index is 394. The Morgan fingerprint density at radius 2 is 1.76 bits per heavy atom. The molecule has 0 aromatic heterocycles. The van der Waals surface area contributed by atoms with Crippen LogP contribution in [0.2, 0.25) is 0 Å². The number of hydrogen-bond acceptors (Lipinski definition) is 5. The molecule has 0 bridgehead atoms. The van der Waals surface area contributed by atoms with Crippen LogP contribution in [0.4, 0.5) is 0 Å². The van der Waals surface area contributed by atoms with Gasteiger partial charge in [-0.3, -0.25) is 9.59 Å². The van der Waals surface area contributed by atoms with Crippen LogP contribution in [0, 0.1) is 5.92 Å². The van der Waals surface area contributed by atoms with E-state index < -0.39 is 12.3 Å². The van der Waals surface area contributed by atoms with Crippen LogP contribution >= 0.6 is 0 Å². The molecule has 0 saturated heterocycles. The number of nitrogens with one attached hydrogen (secondary N) is 2. The Morgan fingerprint density at radius 1 is 1.16 bits per heavy atom. The predicted octanol–water partition coefficient (Wildman–Crippen LogP) is 0.0316. The number of carbonyl (C=O) groups excluding carboxylic acids is 3. The van der Waals surface area contributed by atoms with Gasteiger partial charge in [0.05, 0.1) is 6.54 Å². The number of carbonyl (C=O) groups is 2. The predicted molar refractivity (Wildman–Crippen MR) is 89.8 cm³/mol. The van der Waals surface area contributed by atoms with Crippen molar-refractivity contribution in [2.45, 2.75) is 45.9 Å². The summed E-state index contributed by atoms with van der Waals surface area (Å²) >= 11 is 0. The van der Waals surface area contributed by atoms with Crippen LogP contribution in [0.25, 0.3) is 0 Å². The van der Waals surface area contributed by atoms with Crippen molar-refractivity contribution in [2.75, 3.05) is 33.9 Å². The summed E-state index contributed by atoms with van der Waals surface area (Å²) in [5.41, 5.74) is 0. The van der Waals surface area contributed by atoms with Gasteiger partial charge in [-0.1, -0.05) is 20.3 Å². The molecule has 0 saturated carbocycles. The summed E-state index contributed by atoms with van der Waals surface area (Å²) in [6, 6.07) is -0.670. The molecule has 0 rings (SSSR count). The summed E-state index contributed by atoms with van der Waals surface area (Å²) in [5, 5.41) is 4.92. The van der Waals surface area contributed by atoms with Crippen LogP contribution in [0.3, 0.4) is 0 Å². The smallest absolute Gasteiger partial charge is 0.245 e. The van der Waals surface area contributed by atoms with Gasteiger partial charge in [0.25, 0.3) is 0 Å². The first-order valence-electron chi connectivity index (χ1n) is 8.13. The van der Waals surface area contributed by atoms with Gasteiger partial charge in [0, 0.05) is 27.2 Å². The topological polar surface area (TPSA) is 97.0 Å². The van der Waals surface area contributed by atoms with E-state index in [0.717, 1.165) is 6.42 Å². The van der Waals surface area contributed by atoms with Gasteiger partial charge in [-0.25, -0.2) is 0 Å². The van der Waals surface area contributed by atoms with E-state index in [9.17, 15) is 14.4 Å². The molecular weight excluding hydrogens is 571 g/mol. The van der Waals surface area contributed by atoms with Crippen molar-refractivity contribution >= 4 is 18.2 Å².